The highest BCUT2D eigenvalue weighted by atomic mass is 16.5. The zero-order valence-electron chi connectivity index (χ0n) is 18.3. The lowest BCUT2D eigenvalue weighted by Gasteiger charge is -2.40. The lowest BCUT2D eigenvalue weighted by Crippen LogP contribution is -2.58. The summed E-state index contributed by atoms with van der Waals surface area (Å²) in [5, 5.41) is 0. The molecule has 2 aliphatic heterocycles. The molecule has 2 fully saturated rings. The summed E-state index contributed by atoms with van der Waals surface area (Å²) in [4.78, 5) is 55.2. The predicted octanol–water partition coefficient (Wildman–Crippen LogP) is -0.184. The lowest BCUT2D eigenvalue weighted by atomic mass is 10.3. The van der Waals surface area contributed by atoms with Crippen molar-refractivity contribution in [1.29, 1.82) is 0 Å². The van der Waals surface area contributed by atoms with Crippen LogP contribution in [0.15, 0.2) is 0 Å². The predicted molar refractivity (Wildman–Crippen MR) is 109 cm³/mol. The second kappa shape index (κ2) is 11.8. The number of Topliss-reactive ketones (excluding diaryl/α,β-unsaturated/α-hetero) is 1. The second-order valence-electron chi connectivity index (χ2n) is 7.76. The Labute approximate surface area is 178 Å². The number of piperazine rings is 2. The number of nitrogens with zero attached hydrogens (tertiary/aromatic N) is 4. The van der Waals surface area contributed by atoms with Crippen molar-refractivity contribution in [2.75, 3.05) is 72.2 Å². The van der Waals surface area contributed by atoms with Gasteiger partial charge >= 0.3 is 6.03 Å². The average molecular weight is 427 g/mol. The first-order chi connectivity index (χ1) is 14.3. The molecule has 0 unspecified atom stereocenters. The van der Waals surface area contributed by atoms with Crippen LogP contribution in [0.4, 0.5) is 4.79 Å². The Morgan fingerprint density at radius 2 is 1.13 bits per heavy atom. The Kier molecular flexibility index (Phi) is 9.51. The summed E-state index contributed by atoms with van der Waals surface area (Å²) in [6, 6.07) is -0.0579. The normalized spacial score (nSPS) is 17.5. The van der Waals surface area contributed by atoms with Gasteiger partial charge in [-0.2, -0.15) is 0 Å². The van der Waals surface area contributed by atoms with E-state index >= 15 is 0 Å². The summed E-state index contributed by atoms with van der Waals surface area (Å²) < 4.78 is 10.5. The van der Waals surface area contributed by atoms with Crippen molar-refractivity contribution in [3.05, 3.63) is 0 Å². The first kappa shape index (κ1) is 24.1. The molecule has 0 aromatic carbocycles. The van der Waals surface area contributed by atoms with Gasteiger partial charge in [-0.05, 0) is 13.8 Å². The van der Waals surface area contributed by atoms with Gasteiger partial charge in [-0.25, -0.2) is 4.79 Å². The fraction of sp³-hybridized carbons (Fsp3) is 0.800. The van der Waals surface area contributed by atoms with Crippen molar-refractivity contribution in [3.8, 4) is 0 Å². The molecule has 0 radical (unpaired) electrons. The standard InChI is InChI=1S/C20H34N4O6/c1-4-17(25)13-29-14-18(26)21-5-9-23(10-6-21)20(28)24-11-7-22(8-12-24)19(27)15-30-16(2)3/h16H,4-15H2,1-3H3. The van der Waals surface area contributed by atoms with Crippen LogP contribution in [-0.4, -0.2) is 122 Å². The van der Waals surface area contributed by atoms with E-state index in [1.807, 2.05) is 13.8 Å². The zero-order valence-corrected chi connectivity index (χ0v) is 18.3. The summed E-state index contributed by atoms with van der Waals surface area (Å²) in [5.41, 5.74) is 0. The van der Waals surface area contributed by atoms with Gasteiger partial charge in [0.05, 0.1) is 6.10 Å². The van der Waals surface area contributed by atoms with Crippen LogP contribution in [0.3, 0.4) is 0 Å². The quantitative estimate of drug-likeness (QED) is 0.534. The number of carbonyl (C=O) groups is 4. The number of ketones is 1. The zero-order chi connectivity index (χ0) is 22.1. The molecule has 0 N–H and O–H groups in total. The molecule has 4 amide bonds. The van der Waals surface area contributed by atoms with Gasteiger partial charge in [-0.1, -0.05) is 6.92 Å². The van der Waals surface area contributed by atoms with Gasteiger partial charge < -0.3 is 29.1 Å². The number of urea groups is 1. The van der Waals surface area contributed by atoms with Crippen molar-refractivity contribution in [2.24, 2.45) is 0 Å². The lowest BCUT2D eigenvalue weighted by molar-refractivity contribution is -0.139. The average Bonchev–Trinajstić information content (AvgIpc) is 2.76. The second-order valence-corrected chi connectivity index (χ2v) is 7.76. The number of carbonyl (C=O) groups excluding carboxylic acids is 4. The third-order valence-corrected chi connectivity index (χ3v) is 5.23. The number of ether oxygens (including phenoxy) is 2. The van der Waals surface area contributed by atoms with Gasteiger partial charge in [-0.3, -0.25) is 14.4 Å². The van der Waals surface area contributed by atoms with Gasteiger partial charge in [0.15, 0.2) is 5.78 Å². The fourth-order valence-corrected chi connectivity index (χ4v) is 3.27. The molecule has 10 heteroatoms. The summed E-state index contributed by atoms with van der Waals surface area (Å²) in [6.07, 6.45) is 0.399. The Bertz CT molecular complexity index is 610. The molecular formula is C20H34N4O6. The maximum Gasteiger partial charge on any atom is 0.320 e. The monoisotopic (exact) mass is 426 g/mol. The van der Waals surface area contributed by atoms with E-state index in [0.717, 1.165) is 0 Å². The molecule has 30 heavy (non-hydrogen) atoms. The van der Waals surface area contributed by atoms with Gasteiger partial charge in [0, 0.05) is 58.8 Å². The Morgan fingerprint density at radius 3 is 1.57 bits per heavy atom. The molecule has 0 spiro atoms. The van der Waals surface area contributed by atoms with Crippen LogP contribution in [0.25, 0.3) is 0 Å². The number of rotatable bonds is 8. The minimum absolute atomic E-state index is 0.00719. The van der Waals surface area contributed by atoms with Gasteiger partial charge in [0.25, 0.3) is 0 Å². The van der Waals surface area contributed by atoms with E-state index in [1.165, 1.54) is 0 Å². The first-order valence-electron chi connectivity index (χ1n) is 10.6. The number of hydrogen-bond donors (Lipinski definition) is 0. The van der Waals surface area contributed by atoms with E-state index in [4.69, 9.17) is 9.47 Å². The number of hydrogen-bond acceptors (Lipinski definition) is 6. The molecule has 2 aliphatic rings. The minimum atomic E-state index is -0.165. The van der Waals surface area contributed by atoms with E-state index in [9.17, 15) is 19.2 Å². The van der Waals surface area contributed by atoms with Crippen LogP contribution >= 0.6 is 0 Å². The highest BCUT2D eigenvalue weighted by Crippen LogP contribution is 2.10. The maximum absolute atomic E-state index is 12.8. The van der Waals surface area contributed by atoms with Crippen molar-refractivity contribution >= 4 is 23.6 Å². The van der Waals surface area contributed by atoms with Crippen LogP contribution in [0.2, 0.25) is 0 Å². The van der Waals surface area contributed by atoms with Crippen molar-refractivity contribution in [3.63, 3.8) is 0 Å². The molecule has 0 atom stereocenters. The third-order valence-electron chi connectivity index (χ3n) is 5.23. The SMILES string of the molecule is CCC(=O)COCC(=O)N1CCN(C(=O)N2CCN(C(=O)COC(C)C)CC2)CC1. The van der Waals surface area contributed by atoms with Crippen LogP contribution in [0, 0.1) is 0 Å². The summed E-state index contributed by atoms with van der Waals surface area (Å²) in [7, 11) is 0. The van der Waals surface area contributed by atoms with E-state index in [0.29, 0.717) is 58.8 Å². The van der Waals surface area contributed by atoms with E-state index in [2.05, 4.69) is 0 Å². The summed E-state index contributed by atoms with van der Waals surface area (Å²) in [6.45, 7) is 9.22. The largest absolute Gasteiger partial charge is 0.369 e. The van der Waals surface area contributed by atoms with Crippen molar-refractivity contribution in [1.82, 2.24) is 19.6 Å². The van der Waals surface area contributed by atoms with Crippen LogP contribution in [0.1, 0.15) is 27.2 Å². The van der Waals surface area contributed by atoms with Crippen LogP contribution < -0.4 is 0 Å². The molecule has 2 saturated heterocycles. The molecule has 10 nitrogen and oxygen atoms in total. The Hall–Kier alpha value is -2.20. The smallest absolute Gasteiger partial charge is 0.320 e. The highest BCUT2D eigenvalue weighted by Gasteiger charge is 2.30. The van der Waals surface area contributed by atoms with Crippen LogP contribution in [-0.2, 0) is 23.9 Å². The number of amides is 4. The molecule has 170 valence electrons. The molecule has 2 heterocycles. The molecule has 0 bridgehead atoms. The third kappa shape index (κ3) is 7.24. The van der Waals surface area contributed by atoms with E-state index < -0.39 is 0 Å². The Morgan fingerprint density at radius 1 is 0.700 bits per heavy atom. The van der Waals surface area contributed by atoms with Crippen LogP contribution in [0.5, 0.6) is 0 Å². The highest BCUT2D eigenvalue weighted by molar-refractivity contribution is 5.81. The molecule has 0 aromatic rings. The fourth-order valence-electron chi connectivity index (χ4n) is 3.27. The van der Waals surface area contributed by atoms with Crippen molar-refractivity contribution < 1.29 is 28.7 Å². The van der Waals surface area contributed by atoms with Crippen molar-refractivity contribution in [2.45, 2.75) is 33.3 Å². The van der Waals surface area contributed by atoms with E-state index in [1.54, 1.807) is 26.5 Å². The maximum atomic E-state index is 12.8. The van der Waals surface area contributed by atoms with E-state index in [-0.39, 0.29) is 49.6 Å². The molecular weight excluding hydrogens is 392 g/mol. The minimum Gasteiger partial charge on any atom is -0.369 e. The molecule has 0 aromatic heterocycles. The van der Waals surface area contributed by atoms with Gasteiger partial charge in [0.2, 0.25) is 11.8 Å². The molecule has 0 aliphatic carbocycles. The summed E-state index contributed by atoms with van der Waals surface area (Å²) in [5.74, 6) is -0.250. The molecule has 2 rings (SSSR count). The Balaban J connectivity index is 1.69. The van der Waals surface area contributed by atoms with Gasteiger partial charge in [0.1, 0.15) is 19.8 Å². The molecule has 0 saturated carbocycles. The summed E-state index contributed by atoms with van der Waals surface area (Å²) >= 11 is 0. The topological polar surface area (TPSA) is 99.7 Å². The van der Waals surface area contributed by atoms with Gasteiger partial charge in [-0.15, -0.1) is 0 Å². The first-order valence-corrected chi connectivity index (χ1v) is 10.6.